The van der Waals surface area contributed by atoms with Gasteiger partial charge in [-0.1, -0.05) is 12.1 Å². The standard InChI is InChI=1S/C11H13N3S/c1-2-4-9-8(3-1)13-11(14-9)10-7-15-6-5-12-10/h1-4,10,12H,5-7H2,(H,13,14). The third-order valence-electron chi connectivity index (χ3n) is 2.66. The Morgan fingerprint density at radius 3 is 3.07 bits per heavy atom. The van der Waals surface area contributed by atoms with Gasteiger partial charge < -0.3 is 10.3 Å². The fraction of sp³-hybridized carbons (Fsp3) is 0.364. The summed E-state index contributed by atoms with van der Waals surface area (Å²) in [5.74, 6) is 3.39. The van der Waals surface area contributed by atoms with Crippen molar-refractivity contribution >= 4 is 22.8 Å². The SMILES string of the molecule is c1ccc2[nH]c(C3CSCCN3)nc2c1. The van der Waals surface area contributed by atoms with Gasteiger partial charge in [0.05, 0.1) is 17.1 Å². The van der Waals surface area contributed by atoms with Crippen LogP contribution in [0, 0.1) is 0 Å². The van der Waals surface area contributed by atoms with Crippen molar-refractivity contribution in [3.63, 3.8) is 0 Å². The summed E-state index contributed by atoms with van der Waals surface area (Å²) in [5, 5.41) is 3.48. The van der Waals surface area contributed by atoms with E-state index in [1.165, 1.54) is 5.75 Å². The van der Waals surface area contributed by atoms with E-state index in [4.69, 9.17) is 0 Å². The molecule has 4 heteroatoms. The predicted molar refractivity (Wildman–Crippen MR) is 64.2 cm³/mol. The molecule has 2 heterocycles. The number of imidazole rings is 1. The van der Waals surface area contributed by atoms with Crippen LogP contribution in [0.5, 0.6) is 0 Å². The van der Waals surface area contributed by atoms with E-state index in [1.807, 2.05) is 30.0 Å². The quantitative estimate of drug-likeness (QED) is 0.770. The Labute approximate surface area is 92.7 Å². The van der Waals surface area contributed by atoms with E-state index >= 15 is 0 Å². The fourth-order valence-corrected chi connectivity index (χ4v) is 2.82. The molecule has 0 aliphatic carbocycles. The van der Waals surface area contributed by atoms with E-state index in [1.54, 1.807) is 0 Å². The molecule has 0 amide bonds. The van der Waals surface area contributed by atoms with E-state index in [0.29, 0.717) is 6.04 Å². The number of nitrogens with one attached hydrogen (secondary N) is 2. The molecule has 1 unspecified atom stereocenters. The summed E-state index contributed by atoms with van der Waals surface area (Å²) < 4.78 is 0. The summed E-state index contributed by atoms with van der Waals surface area (Å²) in [6.07, 6.45) is 0. The van der Waals surface area contributed by atoms with Gasteiger partial charge in [-0.25, -0.2) is 4.98 Å². The van der Waals surface area contributed by atoms with Crippen LogP contribution in [-0.2, 0) is 0 Å². The number of para-hydroxylation sites is 2. The topological polar surface area (TPSA) is 40.7 Å². The second-order valence-electron chi connectivity index (χ2n) is 3.72. The first-order valence-corrected chi connectivity index (χ1v) is 6.35. The normalized spacial score (nSPS) is 22.0. The van der Waals surface area contributed by atoms with Crippen LogP contribution < -0.4 is 5.32 Å². The second kappa shape index (κ2) is 3.87. The van der Waals surface area contributed by atoms with E-state index in [-0.39, 0.29) is 0 Å². The molecule has 1 aromatic carbocycles. The molecule has 3 nitrogen and oxygen atoms in total. The average molecular weight is 219 g/mol. The Hall–Kier alpha value is -1.00. The van der Waals surface area contributed by atoms with Crippen LogP contribution in [0.3, 0.4) is 0 Å². The molecule has 1 saturated heterocycles. The molecule has 1 aromatic heterocycles. The lowest BCUT2D eigenvalue weighted by molar-refractivity contribution is 0.571. The van der Waals surface area contributed by atoms with Crippen molar-refractivity contribution < 1.29 is 0 Å². The van der Waals surface area contributed by atoms with Gasteiger partial charge in [0, 0.05) is 18.1 Å². The highest BCUT2D eigenvalue weighted by Gasteiger charge is 2.17. The average Bonchev–Trinajstić information content (AvgIpc) is 2.74. The van der Waals surface area contributed by atoms with E-state index < -0.39 is 0 Å². The lowest BCUT2D eigenvalue weighted by Crippen LogP contribution is -2.30. The van der Waals surface area contributed by atoms with Gasteiger partial charge in [-0.15, -0.1) is 0 Å². The van der Waals surface area contributed by atoms with Crippen LogP contribution >= 0.6 is 11.8 Å². The van der Waals surface area contributed by atoms with Crippen molar-refractivity contribution in [2.45, 2.75) is 6.04 Å². The number of benzene rings is 1. The number of thioether (sulfide) groups is 1. The first-order chi connectivity index (χ1) is 7.43. The van der Waals surface area contributed by atoms with E-state index in [9.17, 15) is 0 Å². The number of aromatic amines is 1. The smallest absolute Gasteiger partial charge is 0.125 e. The maximum absolute atomic E-state index is 4.61. The highest BCUT2D eigenvalue weighted by Crippen LogP contribution is 2.21. The first-order valence-electron chi connectivity index (χ1n) is 5.19. The third kappa shape index (κ3) is 1.75. The highest BCUT2D eigenvalue weighted by atomic mass is 32.2. The van der Waals surface area contributed by atoms with Crippen LogP contribution in [-0.4, -0.2) is 28.0 Å². The van der Waals surface area contributed by atoms with Crippen LogP contribution in [0.4, 0.5) is 0 Å². The monoisotopic (exact) mass is 219 g/mol. The molecular formula is C11H13N3S. The summed E-state index contributed by atoms with van der Waals surface area (Å²) in [6, 6.07) is 8.56. The van der Waals surface area contributed by atoms with Gasteiger partial charge in [-0.3, -0.25) is 0 Å². The van der Waals surface area contributed by atoms with Crippen molar-refractivity contribution in [1.29, 1.82) is 0 Å². The number of hydrogen-bond donors (Lipinski definition) is 2. The predicted octanol–water partition coefficient (Wildman–Crippen LogP) is 1.94. The Morgan fingerprint density at radius 2 is 2.27 bits per heavy atom. The molecule has 1 atom stereocenters. The second-order valence-corrected chi connectivity index (χ2v) is 4.87. The molecule has 1 aliphatic rings. The Kier molecular flexibility index (Phi) is 2.38. The van der Waals surface area contributed by atoms with Gasteiger partial charge in [0.25, 0.3) is 0 Å². The maximum atomic E-state index is 4.61. The van der Waals surface area contributed by atoms with Gasteiger partial charge in [0.2, 0.25) is 0 Å². The molecule has 3 rings (SSSR count). The molecule has 0 radical (unpaired) electrons. The summed E-state index contributed by atoms with van der Waals surface area (Å²) >= 11 is 1.99. The Balaban J connectivity index is 1.96. The zero-order valence-electron chi connectivity index (χ0n) is 8.36. The lowest BCUT2D eigenvalue weighted by atomic mass is 10.3. The van der Waals surface area contributed by atoms with Crippen LogP contribution in [0.25, 0.3) is 11.0 Å². The van der Waals surface area contributed by atoms with Gasteiger partial charge in [-0.2, -0.15) is 11.8 Å². The summed E-state index contributed by atoms with van der Waals surface area (Å²) in [4.78, 5) is 7.98. The van der Waals surface area contributed by atoms with Gasteiger partial charge >= 0.3 is 0 Å². The minimum atomic E-state index is 0.385. The zero-order valence-corrected chi connectivity index (χ0v) is 9.18. The summed E-state index contributed by atoms with van der Waals surface area (Å²) in [7, 11) is 0. The van der Waals surface area contributed by atoms with Crippen molar-refractivity contribution in [3.8, 4) is 0 Å². The molecule has 2 N–H and O–H groups in total. The molecule has 0 bridgehead atoms. The molecule has 15 heavy (non-hydrogen) atoms. The maximum Gasteiger partial charge on any atom is 0.125 e. The van der Waals surface area contributed by atoms with Crippen molar-refractivity contribution in [1.82, 2.24) is 15.3 Å². The molecule has 2 aromatic rings. The van der Waals surface area contributed by atoms with Crippen molar-refractivity contribution in [2.24, 2.45) is 0 Å². The number of rotatable bonds is 1. The fourth-order valence-electron chi connectivity index (χ4n) is 1.88. The first kappa shape index (κ1) is 9.24. The Morgan fingerprint density at radius 1 is 1.33 bits per heavy atom. The van der Waals surface area contributed by atoms with Gasteiger partial charge in [0.1, 0.15) is 5.82 Å². The molecule has 1 fully saturated rings. The van der Waals surface area contributed by atoms with E-state index in [0.717, 1.165) is 29.2 Å². The number of H-pyrrole nitrogens is 1. The van der Waals surface area contributed by atoms with Gasteiger partial charge in [0.15, 0.2) is 0 Å². The van der Waals surface area contributed by atoms with Crippen molar-refractivity contribution in [3.05, 3.63) is 30.1 Å². The molecule has 0 spiro atoms. The number of hydrogen-bond acceptors (Lipinski definition) is 3. The van der Waals surface area contributed by atoms with E-state index in [2.05, 4.69) is 21.4 Å². The number of nitrogens with zero attached hydrogens (tertiary/aromatic N) is 1. The third-order valence-corrected chi connectivity index (χ3v) is 3.72. The summed E-state index contributed by atoms with van der Waals surface area (Å²) in [6.45, 7) is 1.08. The van der Waals surface area contributed by atoms with Crippen LogP contribution in [0.1, 0.15) is 11.9 Å². The largest absolute Gasteiger partial charge is 0.341 e. The molecule has 1 aliphatic heterocycles. The Bertz CT molecular complexity index is 427. The molecular weight excluding hydrogens is 206 g/mol. The van der Waals surface area contributed by atoms with Gasteiger partial charge in [-0.05, 0) is 12.1 Å². The van der Waals surface area contributed by atoms with Crippen LogP contribution in [0.2, 0.25) is 0 Å². The number of aromatic nitrogens is 2. The highest BCUT2D eigenvalue weighted by molar-refractivity contribution is 7.99. The van der Waals surface area contributed by atoms with Crippen LogP contribution in [0.15, 0.2) is 24.3 Å². The molecule has 0 saturated carbocycles. The molecule has 78 valence electrons. The lowest BCUT2D eigenvalue weighted by Gasteiger charge is -2.20. The number of fused-ring (bicyclic) bond motifs is 1. The minimum Gasteiger partial charge on any atom is -0.341 e. The minimum absolute atomic E-state index is 0.385. The van der Waals surface area contributed by atoms with Crippen molar-refractivity contribution in [2.75, 3.05) is 18.1 Å². The zero-order chi connectivity index (χ0) is 10.1. The summed E-state index contributed by atoms with van der Waals surface area (Å²) in [5.41, 5.74) is 2.19.